The van der Waals surface area contributed by atoms with Crippen molar-refractivity contribution >= 4 is 17.5 Å². The Morgan fingerprint density at radius 1 is 1.37 bits per heavy atom. The van der Waals surface area contributed by atoms with Gasteiger partial charge in [0.15, 0.2) is 0 Å². The molecule has 0 aromatic heterocycles. The molecule has 0 N–H and O–H groups in total. The van der Waals surface area contributed by atoms with Crippen LogP contribution in [0.15, 0.2) is 18.2 Å². The van der Waals surface area contributed by atoms with Gasteiger partial charge in [0.05, 0.1) is 11.1 Å². The van der Waals surface area contributed by atoms with Crippen LogP contribution in [0.5, 0.6) is 0 Å². The molecule has 0 aliphatic carbocycles. The number of likely N-dealkylation sites (tertiary alicyclic amines) is 1. The van der Waals surface area contributed by atoms with Crippen LogP contribution >= 0.6 is 11.6 Å². The first kappa shape index (κ1) is 14.1. The van der Waals surface area contributed by atoms with Crippen molar-refractivity contribution in [3.63, 3.8) is 0 Å². The lowest BCUT2D eigenvalue weighted by atomic mass is 10.00. The molecule has 1 amide bonds. The summed E-state index contributed by atoms with van der Waals surface area (Å²) in [5.74, 6) is -1.19. The number of carbonyl (C=O) groups is 1. The van der Waals surface area contributed by atoms with Gasteiger partial charge < -0.3 is 4.90 Å². The van der Waals surface area contributed by atoms with E-state index in [0.29, 0.717) is 37.2 Å². The molecule has 2 nitrogen and oxygen atoms in total. The second kappa shape index (κ2) is 5.00. The summed E-state index contributed by atoms with van der Waals surface area (Å²) in [4.78, 5) is 13.1. The molecule has 1 heterocycles. The van der Waals surface area contributed by atoms with Gasteiger partial charge in [0, 0.05) is 24.9 Å². The van der Waals surface area contributed by atoms with Crippen LogP contribution < -0.4 is 0 Å². The number of carbonyl (C=O) groups excluding carboxylic acids is 1. The van der Waals surface area contributed by atoms with Crippen molar-refractivity contribution in [1.82, 2.24) is 4.90 Å². The highest BCUT2D eigenvalue weighted by molar-refractivity contribution is 6.18. The zero-order chi connectivity index (χ0) is 14.2. The molecule has 7 heteroatoms. The van der Waals surface area contributed by atoms with E-state index in [9.17, 15) is 22.4 Å². The molecule has 1 aromatic rings. The average molecular weight is 296 g/mol. The number of nitrogens with zero attached hydrogens (tertiary/aromatic N) is 1. The van der Waals surface area contributed by atoms with E-state index in [-0.39, 0.29) is 5.92 Å². The molecule has 2 rings (SSSR count). The minimum Gasteiger partial charge on any atom is -0.338 e. The molecule has 0 bridgehead atoms. The van der Waals surface area contributed by atoms with E-state index < -0.39 is 29.0 Å². The fraction of sp³-hybridized carbons (Fsp3) is 0.417. The first-order chi connectivity index (χ1) is 8.82. The first-order valence-electron chi connectivity index (χ1n) is 5.55. The maximum Gasteiger partial charge on any atom is 0.416 e. The van der Waals surface area contributed by atoms with Crippen LogP contribution in [0.2, 0.25) is 0 Å². The van der Waals surface area contributed by atoms with Gasteiger partial charge in [-0.1, -0.05) is 0 Å². The van der Waals surface area contributed by atoms with Gasteiger partial charge >= 0.3 is 6.18 Å². The quantitative estimate of drug-likeness (QED) is 0.606. The molecule has 104 valence electrons. The van der Waals surface area contributed by atoms with Crippen molar-refractivity contribution in [3.05, 3.63) is 35.1 Å². The second-order valence-corrected chi connectivity index (χ2v) is 4.73. The topological polar surface area (TPSA) is 20.3 Å². The predicted molar refractivity (Wildman–Crippen MR) is 61.5 cm³/mol. The lowest BCUT2D eigenvalue weighted by Gasteiger charge is -2.38. The summed E-state index contributed by atoms with van der Waals surface area (Å²) in [6.07, 6.45) is -4.60. The monoisotopic (exact) mass is 295 g/mol. The van der Waals surface area contributed by atoms with E-state index in [1.54, 1.807) is 0 Å². The molecule has 1 aliphatic heterocycles. The maximum atomic E-state index is 13.5. The standard InChI is InChI=1S/C12H10ClF4NO/c13-4-7-5-18(6-7)11(19)9-3-8(12(15,16)17)1-2-10(9)14/h1-3,7H,4-6H2. The van der Waals surface area contributed by atoms with Crippen LogP contribution in [-0.4, -0.2) is 29.8 Å². The van der Waals surface area contributed by atoms with Crippen molar-refractivity contribution in [1.29, 1.82) is 0 Å². The van der Waals surface area contributed by atoms with Crippen LogP contribution in [0, 0.1) is 11.7 Å². The lowest BCUT2D eigenvalue weighted by molar-refractivity contribution is -0.137. The van der Waals surface area contributed by atoms with E-state index in [1.807, 2.05) is 0 Å². The molecule has 0 unspecified atom stereocenters. The third-order valence-corrected chi connectivity index (χ3v) is 3.42. The predicted octanol–water partition coefficient (Wildman–Crippen LogP) is 3.16. The zero-order valence-corrected chi connectivity index (χ0v) is 10.4. The Kier molecular flexibility index (Phi) is 3.71. The van der Waals surface area contributed by atoms with Gasteiger partial charge in [-0.3, -0.25) is 4.79 Å². The maximum absolute atomic E-state index is 13.5. The zero-order valence-electron chi connectivity index (χ0n) is 9.68. The van der Waals surface area contributed by atoms with Crippen LogP contribution in [0.3, 0.4) is 0 Å². The molecule has 0 radical (unpaired) electrons. The lowest BCUT2D eigenvalue weighted by Crippen LogP contribution is -2.50. The first-order valence-corrected chi connectivity index (χ1v) is 6.08. The molecule has 1 saturated heterocycles. The van der Waals surface area contributed by atoms with Crippen molar-refractivity contribution in [2.24, 2.45) is 5.92 Å². The third-order valence-electron chi connectivity index (χ3n) is 2.99. The Balaban J connectivity index is 2.22. The minimum absolute atomic E-state index is 0.125. The van der Waals surface area contributed by atoms with E-state index in [2.05, 4.69) is 0 Å². The number of amides is 1. The highest BCUT2D eigenvalue weighted by Gasteiger charge is 2.35. The summed E-state index contributed by atoms with van der Waals surface area (Å²) < 4.78 is 51.0. The summed E-state index contributed by atoms with van der Waals surface area (Å²) in [6.45, 7) is 0.691. The fourth-order valence-electron chi connectivity index (χ4n) is 1.87. The molecule has 1 fully saturated rings. The summed E-state index contributed by atoms with van der Waals surface area (Å²) in [5.41, 5.74) is -1.59. The minimum atomic E-state index is -4.60. The normalized spacial score (nSPS) is 16.4. The van der Waals surface area contributed by atoms with Crippen LogP contribution in [0.1, 0.15) is 15.9 Å². The van der Waals surface area contributed by atoms with Crippen molar-refractivity contribution < 1.29 is 22.4 Å². The number of alkyl halides is 4. The van der Waals surface area contributed by atoms with Gasteiger partial charge in [0.2, 0.25) is 0 Å². The Hall–Kier alpha value is -1.30. The fourth-order valence-corrected chi connectivity index (χ4v) is 2.06. The number of benzene rings is 1. The molecular weight excluding hydrogens is 286 g/mol. The van der Waals surface area contributed by atoms with Crippen molar-refractivity contribution in [2.45, 2.75) is 6.18 Å². The number of hydrogen-bond acceptors (Lipinski definition) is 1. The van der Waals surface area contributed by atoms with E-state index in [4.69, 9.17) is 11.6 Å². The summed E-state index contributed by atoms with van der Waals surface area (Å²) in [5, 5.41) is 0. The summed E-state index contributed by atoms with van der Waals surface area (Å²) >= 11 is 5.57. The average Bonchev–Trinajstić information content (AvgIpc) is 2.26. The van der Waals surface area contributed by atoms with Crippen molar-refractivity contribution in [3.8, 4) is 0 Å². The largest absolute Gasteiger partial charge is 0.416 e. The highest BCUT2D eigenvalue weighted by atomic mass is 35.5. The summed E-state index contributed by atoms with van der Waals surface area (Å²) in [7, 11) is 0. The molecule has 0 atom stereocenters. The van der Waals surface area contributed by atoms with Crippen LogP contribution in [0.4, 0.5) is 17.6 Å². The van der Waals surface area contributed by atoms with Crippen LogP contribution in [-0.2, 0) is 6.18 Å². The van der Waals surface area contributed by atoms with Gasteiger partial charge in [-0.2, -0.15) is 13.2 Å². The van der Waals surface area contributed by atoms with Gasteiger partial charge in [0.1, 0.15) is 5.82 Å². The Morgan fingerprint density at radius 2 is 2.00 bits per heavy atom. The molecule has 19 heavy (non-hydrogen) atoms. The second-order valence-electron chi connectivity index (χ2n) is 4.42. The SMILES string of the molecule is O=C(c1cc(C(F)(F)F)ccc1F)N1CC(CCl)C1. The Morgan fingerprint density at radius 3 is 2.53 bits per heavy atom. The van der Waals surface area contributed by atoms with E-state index >= 15 is 0 Å². The van der Waals surface area contributed by atoms with E-state index in [0.717, 1.165) is 0 Å². The van der Waals surface area contributed by atoms with Gasteiger partial charge in [-0.25, -0.2) is 4.39 Å². The Bertz CT molecular complexity index is 497. The van der Waals surface area contributed by atoms with Gasteiger partial charge in [-0.15, -0.1) is 11.6 Å². The molecule has 1 aliphatic rings. The molecule has 0 spiro atoms. The Labute approximate surface area is 112 Å². The molecule has 0 saturated carbocycles. The van der Waals surface area contributed by atoms with Gasteiger partial charge in [-0.05, 0) is 18.2 Å². The van der Waals surface area contributed by atoms with E-state index in [1.165, 1.54) is 4.90 Å². The molecule has 1 aromatic carbocycles. The summed E-state index contributed by atoms with van der Waals surface area (Å²) in [6, 6.07) is 1.82. The number of hydrogen-bond donors (Lipinski definition) is 0. The smallest absolute Gasteiger partial charge is 0.338 e. The van der Waals surface area contributed by atoms with Crippen molar-refractivity contribution in [2.75, 3.05) is 19.0 Å². The number of rotatable bonds is 2. The van der Waals surface area contributed by atoms with Gasteiger partial charge in [0.25, 0.3) is 5.91 Å². The van der Waals surface area contributed by atoms with Crippen LogP contribution in [0.25, 0.3) is 0 Å². The highest BCUT2D eigenvalue weighted by Crippen LogP contribution is 2.31. The third kappa shape index (κ3) is 2.83. The molecular formula is C12H10ClF4NO. The number of halogens is 5.